The fourth-order valence-electron chi connectivity index (χ4n) is 2.34. The number of aromatic nitrogens is 3. The second-order valence-corrected chi connectivity index (χ2v) is 5.84. The van der Waals surface area contributed by atoms with E-state index in [4.69, 9.17) is 9.57 Å². The first kappa shape index (κ1) is 18.4. The van der Waals surface area contributed by atoms with Crippen LogP contribution in [0.4, 0.5) is 5.69 Å². The SMILES string of the molecule is CCCCOC(=O)c1ccc(NC(=O)COn2nnc3ccccc32)cc1. The molecule has 8 nitrogen and oxygen atoms in total. The summed E-state index contributed by atoms with van der Waals surface area (Å²) in [7, 11) is 0. The summed E-state index contributed by atoms with van der Waals surface area (Å²) in [5.41, 5.74) is 2.35. The van der Waals surface area contributed by atoms with Gasteiger partial charge in [0.15, 0.2) is 6.61 Å². The molecule has 0 aliphatic heterocycles. The lowest BCUT2D eigenvalue weighted by molar-refractivity contribution is -0.121. The summed E-state index contributed by atoms with van der Waals surface area (Å²) in [4.78, 5) is 30.5. The third-order valence-electron chi connectivity index (χ3n) is 3.77. The highest BCUT2D eigenvalue weighted by atomic mass is 16.7. The second-order valence-electron chi connectivity index (χ2n) is 5.84. The van der Waals surface area contributed by atoms with Crippen LogP contribution in [0.5, 0.6) is 0 Å². The van der Waals surface area contributed by atoms with Crippen LogP contribution in [0.1, 0.15) is 30.1 Å². The van der Waals surface area contributed by atoms with E-state index >= 15 is 0 Å². The molecule has 3 rings (SSSR count). The molecule has 140 valence electrons. The Bertz CT molecular complexity index is 921. The number of carbonyl (C=O) groups excluding carboxylic acids is 2. The van der Waals surface area contributed by atoms with Crippen LogP contribution in [0.25, 0.3) is 11.0 Å². The molecule has 1 N–H and O–H groups in total. The Morgan fingerprint density at radius 3 is 2.67 bits per heavy atom. The van der Waals surface area contributed by atoms with Crippen molar-refractivity contribution < 1.29 is 19.2 Å². The number of fused-ring (bicyclic) bond motifs is 1. The van der Waals surface area contributed by atoms with Crippen LogP contribution >= 0.6 is 0 Å². The summed E-state index contributed by atoms with van der Waals surface area (Å²) >= 11 is 0. The largest absolute Gasteiger partial charge is 0.462 e. The number of benzene rings is 2. The van der Waals surface area contributed by atoms with Gasteiger partial charge in [0, 0.05) is 5.69 Å². The van der Waals surface area contributed by atoms with Crippen LogP contribution in [0, 0.1) is 0 Å². The number of carbonyl (C=O) groups is 2. The highest BCUT2D eigenvalue weighted by Gasteiger charge is 2.10. The van der Waals surface area contributed by atoms with Crippen LogP contribution in [-0.4, -0.2) is 40.2 Å². The molecule has 0 bridgehead atoms. The van der Waals surface area contributed by atoms with Crippen LogP contribution in [0.2, 0.25) is 0 Å². The number of para-hydroxylation sites is 1. The minimum atomic E-state index is -0.372. The van der Waals surface area contributed by atoms with Crippen molar-refractivity contribution in [1.29, 1.82) is 0 Å². The fraction of sp³-hybridized carbons (Fsp3) is 0.263. The Morgan fingerprint density at radius 1 is 1.11 bits per heavy atom. The predicted octanol–water partition coefficient (Wildman–Crippen LogP) is 2.46. The first-order valence-electron chi connectivity index (χ1n) is 8.68. The fourth-order valence-corrected chi connectivity index (χ4v) is 2.34. The third-order valence-corrected chi connectivity index (χ3v) is 3.77. The maximum Gasteiger partial charge on any atom is 0.338 e. The van der Waals surface area contributed by atoms with Crippen molar-refractivity contribution >= 4 is 28.6 Å². The molecule has 2 aromatic carbocycles. The van der Waals surface area contributed by atoms with E-state index in [-0.39, 0.29) is 18.5 Å². The van der Waals surface area contributed by atoms with E-state index in [0.29, 0.717) is 28.9 Å². The second kappa shape index (κ2) is 8.79. The summed E-state index contributed by atoms with van der Waals surface area (Å²) < 4.78 is 5.14. The Balaban J connectivity index is 1.51. The summed E-state index contributed by atoms with van der Waals surface area (Å²) in [5, 5.41) is 10.5. The number of hydrogen-bond donors (Lipinski definition) is 1. The molecule has 1 amide bonds. The normalized spacial score (nSPS) is 10.6. The highest BCUT2D eigenvalue weighted by Crippen LogP contribution is 2.11. The average Bonchev–Trinajstić information content (AvgIpc) is 3.10. The number of amides is 1. The summed E-state index contributed by atoms with van der Waals surface area (Å²) in [6, 6.07) is 13.8. The molecular formula is C19H20N4O4. The number of nitrogens with zero attached hydrogens (tertiary/aromatic N) is 3. The van der Waals surface area contributed by atoms with Crippen molar-refractivity contribution in [2.75, 3.05) is 18.5 Å². The van der Waals surface area contributed by atoms with E-state index in [9.17, 15) is 9.59 Å². The lowest BCUT2D eigenvalue weighted by Crippen LogP contribution is -2.26. The van der Waals surface area contributed by atoms with Crippen LogP contribution in [0.15, 0.2) is 48.5 Å². The molecule has 0 radical (unpaired) electrons. The number of anilines is 1. The van der Waals surface area contributed by atoms with Crippen LogP contribution < -0.4 is 10.2 Å². The Labute approximate surface area is 156 Å². The van der Waals surface area contributed by atoms with E-state index in [0.717, 1.165) is 12.8 Å². The summed E-state index contributed by atoms with van der Waals surface area (Å²) in [5.74, 6) is -0.726. The Kier molecular flexibility index (Phi) is 5.98. The Hall–Kier alpha value is -3.42. The van der Waals surface area contributed by atoms with Gasteiger partial charge in [-0.05, 0) is 48.0 Å². The van der Waals surface area contributed by atoms with E-state index < -0.39 is 0 Å². The first-order chi connectivity index (χ1) is 13.2. The Morgan fingerprint density at radius 2 is 1.89 bits per heavy atom. The van der Waals surface area contributed by atoms with E-state index in [2.05, 4.69) is 15.6 Å². The smallest absolute Gasteiger partial charge is 0.338 e. The number of hydrogen-bond acceptors (Lipinski definition) is 6. The first-order valence-corrected chi connectivity index (χ1v) is 8.68. The van der Waals surface area contributed by atoms with Crippen molar-refractivity contribution in [2.45, 2.75) is 19.8 Å². The molecule has 0 atom stereocenters. The minimum Gasteiger partial charge on any atom is -0.462 e. The summed E-state index contributed by atoms with van der Waals surface area (Å²) in [6.07, 6.45) is 1.80. The van der Waals surface area contributed by atoms with Gasteiger partial charge >= 0.3 is 5.97 Å². The zero-order valence-corrected chi connectivity index (χ0v) is 14.9. The van der Waals surface area contributed by atoms with Gasteiger partial charge in [0.2, 0.25) is 0 Å². The van der Waals surface area contributed by atoms with Gasteiger partial charge in [-0.2, -0.15) is 0 Å². The number of unbranched alkanes of at least 4 members (excludes halogenated alkanes) is 1. The standard InChI is InChI=1S/C19H20N4O4/c1-2-3-12-26-19(25)14-8-10-15(11-9-14)20-18(24)13-27-23-17-7-5-4-6-16(17)21-22-23/h4-11H,2-3,12-13H2,1H3,(H,20,24). The van der Waals surface area contributed by atoms with Gasteiger partial charge in [-0.25, -0.2) is 4.79 Å². The average molecular weight is 368 g/mol. The molecule has 8 heteroatoms. The molecule has 0 fully saturated rings. The molecule has 3 aromatic rings. The van der Waals surface area contributed by atoms with E-state index in [1.165, 1.54) is 4.85 Å². The van der Waals surface area contributed by atoms with Crippen molar-refractivity contribution in [1.82, 2.24) is 15.2 Å². The lowest BCUT2D eigenvalue weighted by Gasteiger charge is -2.08. The van der Waals surface area contributed by atoms with Gasteiger partial charge in [-0.15, -0.1) is 5.10 Å². The molecular weight excluding hydrogens is 348 g/mol. The quantitative estimate of drug-likeness (QED) is 0.485. The van der Waals surface area contributed by atoms with Crippen LogP contribution in [-0.2, 0) is 9.53 Å². The summed E-state index contributed by atoms with van der Waals surface area (Å²) in [6.45, 7) is 2.21. The predicted molar refractivity (Wildman–Crippen MR) is 99.2 cm³/mol. The third kappa shape index (κ3) is 4.81. The van der Waals surface area contributed by atoms with Gasteiger partial charge in [0.25, 0.3) is 5.91 Å². The van der Waals surface area contributed by atoms with Crippen LogP contribution in [0.3, 0.4) is 0 Å². The highest BCUT2D eigenvalue weighted by molar-refractivity contribution is 5.93. The number of esters is 1. The number of rotatable bonds is 8. The molecule has 0 aliphatic rings. The van der Waals surface area contributed by atoms with Gasteiger partial charge < -0.3 is 14.9 Å². The van der Waals surface area contributed by atoms with Gasteiger partial charge in [-0.1, -0.05) is 30.3 Å². The topological polar surface area (TPSA) is 95.3 Å². The molecule has 27 heavy (non-hydrogen) atoms. The van der Waals surface area contributed by atoms with Crippen molar-refractivity contribution in [2.24, 2.45) is 0 Å². The van der Waals surface area contributed by atoms with E-state index in [1.807, 2.05) is 19.1 Å². The van der Waals surface area contributed by atoms with Crippen molar-refractivity contribution in [3.63, 3.8) is 0 Å². The molecule has 1 heterocycles. The lowest BCUT2D eigenvalue weighted by atomic mass is 10.2. The molecule has 0 saturated heterocycles. The molecule has 0 unspecified atom stereocenters. The van der Waals surface area contributed by atoms with Gasteiger partial charge in [0.1, 0.15) is 11.0 Å². The number of nitrogens with one attached hydrogen (secondary N) is 1. The van der Waals surface area contributed by atoms with Crippen molar-refractivity contribution in [3.8, 4) is 0 Å². The zero-order chi connectivity index (χ0) is 19.1. The molecule has 0 spiro atoms. The molecule has 0 aliphatic carbocycles. The molecule has 0 saturated carbocycles. The maximum absolute atomic E-state index is 12.0. The minimum absolute atomic E-state index is 0.228. The van der Waals surface area contributed by atoms with Gasteiger partial charge in [-0.3, -0.25) is 4.79 Å². The molecule has 1 aromatic heterocycles. The van der Waals surface area contributed by atoms with Crippen molar-refractivity contribution in [3.05, 3.63) is 54.1 Å². The maximum atomic E-state index is 12.0. The number of ether oxygens (including phenoxy) is 1. The van der Waals surface area contributed by atoms with E-state index in [1.54, 1.807) is 36.4 Å². The zero-order valence-electron chi connectivity index (χ0n) is 14.9. The monoisotopic (exact) mass is 368 g/mol. The van der Waals surface area contributed by atoms with Gasteiger partial charge in [0.05, 0.1) is 12.2 Å².